The largest absolute Gasteiger partial charge is 0.497 e. The van der Waals surface area contributed by atoms with E-state index in [4.69, 9.17) is 4.74 Å². The van der Waals surface area contributed by atoms with Gasteiger partial charge in [-0.1, -0.05) is 0 Å². The van der Waals surface area contributed by atoms with Gasteiger partial charge in [-0.2, -0.15) is 0 Å². The first kappa shape index (κ1) is 22.7. The normalized spacial score (nSPS) is 14.5. The molecule has 0 aliphatic carbocycles. The van der Waals surface area contributed by atoms with Gasteiger partial charge in [-0.15, -0.1) is 0 Å². The van der Waals surface area contributed by atoms with Crippen LogP contribution >= 0.6 is 0 Å². The van der Waals surface area contributed by atoms with E-state index >= 15 is 0 Å². The number of anilines is 1. The maximum atomic E-state index is 13.1. The molecule has 2 aromatic heterocycles. The Balaban J connectivity index is 1.55. The Bertz CT molecular complexity index is 1290. The average Bonchev–Trinajstić information content (AvgIpc) is 3.21. The first-order valence-corrected chi connectivity index (χ1v) is 11.3. The van der Waals surface area contributed by atoms with Gasteiger partial charge in [-0.05, 0) is 45.9 Å². The number of amides is 1. The van der Waals surface area contributed by atoms with Gasteiger partial charge in [0, 0.05) is 61.3 Å². The van der Waals surface area contributed by atoms with Crippen LogP contribution in [0.15, 0.2) is 39.9 Å². The molecular weight excluding hydrogens is 422 g/mol. The fourth-order valence-electron chi connectivity index (χ4n) is 4.42. The number of aromatic nitrogens is 3. The van der Waals surface area contributed by atoms with E-state index in [1.54, 1.807) is 22.6 Å². The molecule has 1 amide bonds. The lowest BCUT2D eigenvalue weighted by Crippen LogP contribution is -2.51. The number of hydrogen-bond donors (Lipinski definition) is 1. The number of nitrogens with zero attached hydrogens (tertiary/aromatic N) is 4. The Kier molecular flexibility index (Phi) is 6.05. The summed E-state index contributed by atoms with van der Waals surface area (Å²) in [6.45, 7) is 9.60. The van der Waals surface area contributed by atoms with Gasteiger partial charge in [0.25, 0.3) is 11.5 Å². The third-order valence-electron chi connectivity index (χ3n) is 6.13. The molecule has 176 valence electrons. The third-order valence-corrected chi connectivity index (χ3v) is 6.13. The van der Waals surface area contributed by atoms with Gasteiger partial charge >= 0.3 is 5.69 Å². The standard InChI is InChI=1S/C24H31N5O4/c1-15(2)28-21(14-22(30)29(16(3)4)24(28)32)26-8-10-27(11-9-26)23(31)20-12-17-6-7-18(33-5)13-19(17)25-20/h6-7,12-16,25H,8-11H2,1-5H3. The molecule has 1 N–H and O–H groups in total. The second-order valence-corrected chi connectivity index (χ2v) is 8.97. The summed E-state index contributed by atoms with van der Waals surface area (Å²) in [5.74, 6) is 1.27. The van der Waals surface area contributed by atoms with E-state index in [9.17, 15) is 14.4 Å². The lowest BCUT2D eigenvalue weighted by molar-refractivity contribution is 0.0741. The summed E-state index contributed by atoms with van der Waals surface area (Å²) in [5.41, 5.74) is 0.789. The lowest BCUT2D eigenvalue weighted by atomic mass is 10.2. The minimum Gasteiger partial charge on any atom is -0.497 e. The molecule has 0 unspecified atom stereocenters. The summed E-state index contributed by atoms with van der Waals surface area (Å²) in [6, 6.07) is 8.74. The van der Waals surface area contributed by atoms with Crippen molar-refractivity contribution in [3.63, 3.8) is 0 Å². The van der Waals surface area contributed by atoms with Crippen molar-refractivity contribution < 1.29 is 9.53 Å². The number of benzene rings is 1. The molecule has 0 radical (unpaired) electrons. The molecule has 1 aromatic carbocycles. The molecule has 0 bridgehead atoms. The van der Waals surface area contributed by atoms with E-state index in [0.717, 1.165) is 16.7 Å². The molecule has 3 aromatic rings. The minimum absolute atomic E-state index is 0.0682. The number of fused-ring (bicyclic) bond motifs is 1. The first-order valence-electron chi connectivity index (χ1n) is 11.3. The monoisotopic (exact) mass is 453 g/mol. The van der Waals surface area contributed by atoms with Crippen LogP contribution in [0.5, 0.6) is 5.75 Å². The van der Waals surface area contributed by atoms with Crippen molar-refractivity contribution in [3.05, 3.63) is 56.9 Å². The number of H-pyrrole nitrogens is 1. The zero-order valence-electron chi connectivity index (χ0n) is 19.8. The van der Waals surface area contributed by atoms with Crippen molar-refractivity contribution in [1.82, 2.24) is 19.0 Å². The number of aromatic amines is 1. The van der Waals surface area contributed by atoms with Crippen molar-refractivity contribution in [1.29, 1.82) is 0 Å². The van der Waals surface area contributed by atoms with Gasteiger partial charge in [0.05, 0.1) is 7.11 Å². The lowest BCUT2D eigenvalue weighted by Gasteiger charge is -2.37. The maximum absolute atomic E-state index is 13.1. The highest BCUT2D eigenvalue weighted by molar-refractivity contribution is 5.98. The highest BCUT2D eigenvalue weighted by Crippen LogP contribution is 2.23. The predicted molar refractivity (Wildman–Crippen MR) is 129 cm³/mol. The van der Waals surface area contributed by atoms with E-state index in [1.165, 1.54) is 4.57 Å². The highest BCUT2D eigenvalue weighted by Gasteiger charge is 2.26. The van der Waals surface area contributed by atoms with Crippen LogP contribution in [-0.4, -0.2) is 58.2 Å². The summed E-state index contributed by atoms with van der Waals surface area (Å²) in [5, 5.41) is 0.949. The second kappa shape index (κ2) is 8.80. The van der Waals surface area contributed by atoms with E-state index in [1.807, 2.05) is 56.9 Å². The van der Waals surface area contributed by atoms with Crippen LogP contribution < -0.4 is 20.9 Å². The number of nitrogens with one attached hydrogen (secondary N) is 1. The van der Waals surface area contributed by atoms with Crippen LogP contribution in [0.1, 0.15) is 50.3 Å². The van der Waals surface area contributed by atoms with E-state index in [0.29, 0.717) is 37.7 Å². The molecule has 0 spiro atoms. The molecular formula is C24H31N5O4. The summed E-state index contributed by atoms with van der Waals surface area (Å²) in [4.78, 5) is 45.8. The number of carbonyl (C=O) groups excluding carboxylic acids is 1. The molecule has 1 fully saturated rings. The quantitative estimate of drug-likeness (QED) is 0.641. The number of piperazine rings is 1. The molecule has 0 saturated carbocycles. The maximum Gasteiger partial charge on any atom is 0.333 e. The van der Waals surface area contributed by atoms with Gasteiger partial charge in [-0.25, -0.2) is 4.79 Å². The van der Waals surface area contributed by atoms with Crippen LogP contribution in [0.4, 0.5) is 5.82 Å². The predicted octanol–water partition coefficient (Wildman–Crippen LogP) is 2.62. The summed E-state index contributed by atoms with van der Waals surface area (Å²) < 4.78 is 8.21. The van der Waals surface area contributed by atoms with Crippen molar-refractivity contribution in [2.45, 2.75) is 39.8 Å². The molecule has 9 nitrogen and oxygen atoms in total. The van der Waals surface area contributed by atoms with Gasteiger partial charge in [0.1, 0.15) is 17.3 Å². The Labute approximate surface area is 192 Å². The van der Waals surface area contributed by atoms with Crippen LogP contribution in [0.2, 0.25) is 0 Å². The molecule has 33 heavy (non-hydrogen) atoms. The van der Waals surface area contributed by atoms with Crippen LogP contribution in [0.25, 0.3) is 10.9 Å². The van der Waals surface area contributed by atoms with Gasteiger partial charge in [-0.3, -0.25) is 18.7 Å². The number of carbonyl (C=O) groups is 1. The van der Waals surface area contributed by atoms with Crippen LogP contribution in [-0.2, 0) is 0 Å². The molecule has 9 heteroatoms. The number of rotatable bonds is 5. The SMILES string of the molecule is COc1ccc2cc(C(=O)N3CCN(c4cc(=O)n(C(C)C)c(=O)n4C(C)C)CC3)[nH]c2c1. The fourth-order valence-corrected chi connectivity index (χ4v) is 4.42. The molecule has 1 saturated heterocycles. The molecule has 3 heterocycles. The van der Waals surface area contributed by atoms with Crippen molar-refractivity contribution in [2.24, 2.45) is 0 Å². The highest BCUT2D eigenvalue weighted by atomic mass is 16.5. The zero-order chi connectivity index (χ0) is 23.9. The fraction of sp³-hybridized carbons (Fsp3) is 0.458. The average molecular weight is 454 g/mol. The van der Waals surface area contributed by atoms with Gasteiger partial charge < -0.3 is 19.5 Å². The smallest absolute Gasteiger partial charge is 0.333 e. The van der Waals surface area contributed by atoms with Gasteiger partial charge in [0.2, 0.25) is 0 Å². The van der Waals surface area contributed by atoms with E-state index in [2.05, 4.69) is 4.98 Å². The second-order valence-electron chi connectivity index (χ2n) is 8.97. The molecule has 4 rings (SSSR count). The first-order chi connectivity index (χ1) is 15.7. The topological polar surface area (TPSA) is 92.6 Å². The van der Waals surface area contributed by atoms with E-state index < -0.39 is 0 Å². The van der Waals surface area contributed by atoms with Crippen molar-refractivity contribution in [3.8, 4) is 5.75 Å². The van der Waals surface area contributed by atoms with Crippen molar-refractivity contribution in [2.75, 3.05) is 38.2 Å². The number of hydrogen-bond acceptors (Lipinski definition) is 5. The number of methoxy groups -OCH3 is 1. The molecule has 0 atom stereocenters. The summed E-state index contributed by atoms with van der Waals surface area (Å²) in [6.07, 6.45) is 0. The van der Waals surface area contributed by atoms with Crippen LogP contribution in [0.3, 0.4) is 0 Å². The Morgan fingerprint density at radius 2 is 1.61 bits per heavy atom. The van der Waals surface area contributed by atoms with Crippen LogP contribution in [0, 0.1) is 0 Å². The summed E-state index contributed by atoms with van der Waals surface area (Å²) >= 11 is 0. The molecule has 1 aliphatic rings. The molecule has 1 aliphatic heterocycles. The summed E-state index contributed by atoms with van der Waals surface area (Å²) in [7, 11) is 1.61. The van der Waals surface area contributed by atoms with Gasteiger partial charge in [0.15, 0.2) is 0 Å². The van der Waals surface area contributed by atoms with E-state index in [-0.39, 0.29) is 29.2 Å². The zero-order valence-corrected chi connectivity index (χ0v) is 19.8. The Morgan fingerprint density at radius 3 is 2.21 bits per heavy atom. The number of ether oxygens (including phenoxy) is 1. The minimum atomic E-state index is -0.297. The Hall–Kier alpha value is -3.49. The Morgan fingerprint density at radius 1 is 0.939 bits per heavy atom. The third kappa shape index (κ3) is 4.15. The van der Waals surface area contributed by atoms with Crippen molar-refractivity contribution >= 4 is 22.6 Å².